The third-order valence-corrected chi connectivity index (χ3v) is 4.14. The molecule has 1 heterocycles. The fourth-order valence-electron chi connectivity index (χ4n) is 1.31. The molecule has 0 aromatic carbocycles. The molecule has 2 nitrogen and oxygen atoms in total. The van der Waals surface area contributed by atoms with Gasteiger partial charge in [-0.25, -0.2) is 0 Å². The first-order chi connectivity index (χ1) is 6.05. The van der Waals surface area contributed by atoms with Crippen molar-refractivity contribution in [3.05, 3.63) is 0 Å². The minimum absolute atomic E-state index is 0.376. The summed E-state index contributed by atoms with van der Waals surface area (Å²) in [6, 6.07) is 0.741. The van der Waals surface area contributed by atoms with Crippen LogP contribution in [0, 0.1) is 5.41 Å². The molecule has 1 aliphatic heterocycles. The Balaban J connectivity index is 1.84. The van der Waals surface area contributed by atoms with Crippen LogP contribution in [0.5, 0.6) is 0 Å². The minimum Gasteiger partial charge on any atom is -0.362 e. The Bertz CT molecular complexity index is 226. The molecule has 1 aliphatic carbocycles. The predicted octanol–water partition coefficient (Wildman–Crippen LogP) is 2.26. The van der Waals surface area contributed by atoms with Gasteiger partial charge in [0.1, 0.15) is 0 Å². The van der Waals surface area contributed by atoms with Crippen LogP contribution in [0.4, 0.5) is 0 Å². The SMILES string of the molecule is CC(C)(C)C1CN=C(NC2CC2)S1. The number of thioether (sulfide) groups is 1. The van der Waals surface area contributed by atoms with Crippen molar-refractivity contribution in [3.8, 4) is 0 Å². The second-order valence-electron chi connectivity index (χ2n) is 5.04. The quantitative estimate of drug-likeness (QED) is 0.699. The van der Waals surface area contributed by atoms with E-state index in [1.165, 1.54) is 18.0 Å². The molecular weight excluding hydrogens is 180 g/mol. The van der Waals surface area contributed by atoms with E-state index in [9.17, 15) is 0 Å². The van der Waals surface area contributed by atoms with Crippen molar-refractivity contribution in [1.82, 2.24) is 5.32 Å². The number of hydrogen-bond donors (Lipinski definition) is 1. The molecule has 13 heavy (non-hydrogen) atoms. The van der Waals surface area contributed by atoms with E-state index in [0.717, 1.165) is 12.6 Å². The molecule has 3 heteroatoms. The normalized spacial score (nSPS) is 28.8. The number of aliphatic imine (C=N–C) groups is 1. The third kappa shape index (κ3) is 2.39. The van der Waals surface area contributed by atoms with Gasteiger partial charge in [0.2, 0.25) is 0 Å². The Hall–Kier alpha value is -0.180. The summed E-state index contributed by atoms with van der Waals surface area (Å²) in [7, 11) is 0. The topological polar surface area (TPSA) is 24.4 Å². The Morgan fingerprint density at radius 3 is 2.54 bits per heavy atom. The Kier molecular flexibility index (Phi) is 2.30. The van der Waals surface area contributed by atoms with E-state index in [1.807, 2.05) is 11.8 Å². The number of nitrogens with one attached hydrogen (secondary N) is 1. The Labute approximate surface area is 84.6 Å². The summed E-state index contributed by atoms with van der Waals surface area (Å²) in [5.41, 5.74) is 0.376. The van der Waals surface area contributed by atoms with Crippen LogP contribution in [-0.4, -0.2) is 23.0 Å². The van der Waals surface area contributed by atoms with Gasteiger partial charge in [-0.1, -0.05) is 32.5 Å². The van der Waals surface area contributed by atoms with Crippen molar-refractivity contribution in [2.75, 3.05) is 6.54 Å². The molecule has 0 amide bonds. The monoisotopic (exact) mass is 198 g/mol. The van der Waals surface area contributed by atoms with Crippen molar-refractivity contribution < 1.29 is 0 Å². The third-order valence-electron chi connectivity index (χ3n) is 2.53. The zero-order valence-electron chi connectivity index (χ0n) is 8.63. The zero-order valence-corrected chi connectivity index (χ0v) is 9.45. The average Bonchev–Trinajstić information content (AvgIpc) is 2.63. The van der Waals surface area contributed by atoms with Crippen molar-refractivity contribution in [2.45, 2.75) is 44.9 Å². The summed E-state index contributed by atoms with van der Waals surface area (Å²) in [5.74, 6) is 0. The second-order valence-corrected chi connectivity index (χ2v) is 6.23. The minimum atomic E-state index is 0.376. The highest BCUT2D eigenvalue weighted by atomic mass is 32.2. The van der Waals surface area contributed by atoms with Crippen molar-refractivity contribution in [2.24, 2.45) is 10.4 Å². The number of hydrogen-bond acceptors (Lipinski definition) is 3. The fourth-order valence-corrected chi connectivity index (χ4v) is 2.46. The summed E-state index contributed by atoms with van der Waals surface area (Å²) in [6.45, 7) is 7.87. The van der Waals surface area contributed by atoms with Crippen molar-refractivity contribution in [1.29, 1.82) is 0 Å². The number of nitrogens with zero attached hydrogens (tertiary/aromatic N) is 1. The Morgan fingerprint density at radius 2 is 2.08 bits per heavy atom. The van der Waals surface area contributed by atoms with Crippen molar-refractivity contribution in [3.63, 3.8) is 0 Å². The van der Waals surface area contributed by atoms with Crippen LogP contribution < -0.4 is 5.32 Å². The molecule has 0 bridgehead atoms. The maximum Gasteiger partial charge on any atom is 0.157 e. The van der Waals surface area contributed by atoms with Crippen molar-refractivity contribution >= 4 is 16.9 Å². The molecule has 2 rings (SSSR count). The smallest absolute Gasteiger partial charge is 0.157 e. The maximum absolute atomic E-state index is 4.53. The van der Waals surface area contributed by atoms with Gasteiger partial charge >= 0.3 is 0 Å². The van der Waals surface area contributed by atoms with Crippen LogP contribution in [0.1, 0.15) is 33.6 Å². The van der Waals surface area contributed by atoms with Gasteiger partial charge in [0.05, 0.1) is 6.54 Å². The fraction of sp³-hybridized carbons (Fsp3) is 0.900. The first kappa shape index (κ1) is 9.38. The van der Waals surface area contributed by atoms with Gasteiger partial charge in [0.25, 0.3) is 0 Å². The number of amidine groups is 1. The molecule has 1 unspecified atom stereocenters. The highest BCUT2D eigenvalue weighted by Crippen LogP contribution is 2.35. The summed E-state index contributed by atoms with van der Waals surface area (Å²) in [5, 5.41) is 5.31. The molecular formula is C10H18N2S. The van der Waals surface area contributed by atoms with Crippen LogP contribution in [0.2, 0.25) is 0 Å². The summed E-state index contributed by atoms with van der Waals surface area (Å²) in [6.07, 6.45) is 2.67. The summed E-state index contributed by atoms with van der Waals surface area (Å²) < 4.78 is 0. The maximum atomic E-state index is 4.53. The van der Waals surface area contributed by atoms with Crippen LogP contribution in [0.15, 0.2) is 4.99 Å². The lowest BCUT2D eigenvalue weighted by molar-refractivity contribution is 0.402. The average molecular weight is 198 g/mol. The second kappa shape index (κ2) is 3.19. The lowest BCUT2D eigenvalue weighted by atomic mass is 9.92. The van der Waals surface area contributed by atoms with Crippen LogP contribution in [0.25, 0.3) is 0 Å². The van der Waals surface area contributed by atoms with E-state index in [4.69, 9.17) is 0 Å². The van der Waals surface area contributed by atoms with Crippen LogP contribution >= 0.6 is 11.8 Å². The summed E-state index contributed by atoms with van der Waals surface area (Å²) in [4.78, 5) is 4.53. The highest BCUT2D eigenvalue weighted by Gasteiger charge is 2.32. The van der Waals surface area contributed by atoms with E-state index in [2.05, 4.69) is 31.1 Å². The van der Waals surface area contributed by atoms with Gasteiger partial charge in [-0.15, -0.1) is 0 Å². The highest BCUT2D eigenvalue weighted by molar-refractivity contribution is 8.14. The van der Waals surface area contributed by atoms with Gasteiger partial charge in [0.15, 0.2) is 5.17 Å². The molecule has 1 fully saturated rings. The molecule has 0 aromatic heterocycles. The molecule has 74 valence electrons. The van der Waals surface area contributed by atoms with Gasteiger partial charge in [0, 0.05) is 11.3 Å². The standard InChI is InChI=1S/C10H18N2S/c1-10(2,3)8-6-11-9(13-8)12-7-4-5-7/h7-8H,4-6H2,1-3H3,(H,11,12). The van der Waals surface area contributed by atoms with Gasteiger partial charge < -0.3 is 5.32 Å². The molecule has 1 atom stereocenters. The molecule has 0 aromatic rings. The van der Waals surface area contributed by atoms with Gasteiger partial charge in [-0.3, -0.25) is 4.99 Å². The molecule has 1 saturated carbocycles. The zero-order chi connectivity index (χ0) is 9.47. The van der Waals surface area contributed by atoms with Gasteiger partial charge in [-0.05, 0) is 18.3 Å². The summed E-state index contributed by atoms with van der Waals surface area (Å²) >= 11 is 1.92. The molecule has 0 spiro atoms. The largest absolute Gasteiger partial charge is 0.362 e. The molecule has 0 saturated heterocycles. The Morgan fingerprint density at radius 1 is 1.38 bits per heavy atom. The van der Waals surface area contributed by atoms with E-state index >= 15 is 0 Å². The van der Waals surface area contributed by atoms with E-state index in [1.54, 1.807) is 0 Å². The van der Waals surface area contributed by atoms with E-state index in [0.29, 0.717) is 10.7 Å². The van der Waals surface area contributed by atoms with E-state index < -0.39 is 0 Å². The predicted molar refractivity (Wildman–Crippen MR) is 59.3 cm³/mol. The first-order valence-electron chi connectivity index (χ1n) is 5.03. The van der Waals surface area contributed by atoms with Crippen LogP contribution in [-0.2, 0) is 0 Å². The van der Waals surface area contributed by atoms with Crippen LogP contribution in [0.3, 0.4) is 0 Å². The first-order valence-corrected chi connectivity index (χ1v) is 5.91. The number of rotatable bonds is 1. The van der Waals surface area contributed by atoms with Gasteiger partial charge in [-0.2, -0.15) is 0 Å². The van der Waals surface area contributed by atoms with E-state index in [-0.39, 0.29) is 0 Å². The molecule has 0 radical (unpaired) electrons. The molecule has 1 N–H and O–H groups in total. The molecule has 2 aliphatic rings. The lowest BCUT2D eigenvalue weighted by Gasteiger charge is -2.24. The lowest BCUT2D eigenvalue weighted by Crippen LogP contribution is -2.26.